The molecule has 1 heteroatoms. The number of para-hydroxylation sites is 2. The summed E-state index contributed by atoms with van der Waals surface area (Å²) in [5.41, 5.74) is 26.9. The fourth-order valence-electron chi connectivity index (χ4n) is 12.0. The minimum atomic E-state index is -0.415. The Morgan fingerprint density at radius 3 is 1.48 bits per heavy atom. The molecule has 0 atom stereocenters. The van der Waals surface area contributed by atoms with Gasteiger partial charge in [0.1, 0.15) is 0 Å². The molecular formula is C66H57N. The lowest BCUT2D eigenvalue weighted by atomic mass is 9.68. The molecule has 67 heavy (non-hydrogen) atoms. The number of benzene rings is 9. The molecule has 326 valence electrons. The van der Waals surface area contributed by atoms with E-state index in [2.05, 4.69) is 260 Å². The molecule has 0 aromatic heterocycles. The van der Waals surface area contributed by atoms with Gasteiger partial charge in [-0.05, 0) is 142 Å². The third-order valence-corrected chi connectivity index (χ3v) is 15.4. The van der Waals surface area contributed by atoms with E-state index in [0.29, 0.717) is 0 Å². The summed E-state index contributed by atoms with van der Waals surface area (Å²) >= 11 is 0. The molecule has 0 saturated carbocycles. The number of hydrogen-bond acceptors (Lipinski definition) is 1. The average Bonchev–Trinajstić information content (AvgIpc) is 3.89. The Labute approximate surface area is 397 Å². The van der Waals surface area contributed by atoms with Crippen LogP contribution in [0.4, 0.5) is 17.1 Å². The van der Waals surface area contributed by atoms with Crippen molar-refractivity contribution in [2.75, 3.05) is 4.90 Å². The molecule has 1 nitrogen and oxygen atoms in total. The molecule has 0 unspecified atom stereocenters. The lowest BCUT2D eigenvalue weighted by molar-refractivity contribution is 0.586. The monoisotopic (exact) mass is 863 g/mol. The van der Waals surface area contributed by atoms with Crippen LogP contribution in [-0.4, -0.2) is 0 Å². The lowest BCUT2D eigenvalue weighted by Gasteiger charge is -2.32. The third kappa shape index (κ3) is 6.06. The summed E-state index contributed by atoms with van der Waals surface area (Å²) < 4.78 is 0. The van der Waals surface area contributed by atoms with Gasteiger partial charge < -0.3 is 4.90 Å². The third-order valence-electron chi connectivity index (χ3n) is 15.4. The van der Waals surface area contributed by atoms with E-state index in [0.717, 1.165) is 17.1 Å². The summed E-state index contributed by atoms with van der Waals surface area (Å²) in [4.78, 5) is 2.43. The maximum atomic E-state index is 2.53. The first-order chi connectivity index (χ1) is 32.3. The highest BCUT2D eigenvalue weighted by Crippen LogP contribution is 2.64. The topological polar surface area (TPSA) is 3.24 Å². The van der Waals surface area contributed by atoms with Crippen LogP contribution < -0.4 is 4.90 Å². The summed E-state index contributed by atoms with van der Waals surface area (Å²) in [6.45, 7) is 18.7. The van der Waals surface area contributed by atoms with Crippen LogP contribution in [0.2, 0.25) is 0 Å². The molecule has 0 bridgehead atoms. The fraction of sp³-hybridized carbons (Fsp3) is 0.182. The predicted octanol–water partition coefficient (Wildman–Crippen LogP) is 17.7. The van der Waals surface area contributed by atoms with E-state index >= 15 is 0 Å². The lowest BCUT2D eigenvalue weighted by Crippen LogP contribution is -2.27. The molecular weight excluding hydrogens is 807 g/mol. The normalized spacial score (nSPS) is 14.5. The second-order valence-corrected chi connectivity index (χ2v) is 21.7. The number of anilines is 3. The van der Waals surface area contributed by atoms with E-state index in [1.807, 2.05) is 0 Å². The molecule has 3 aliphatic rings. The van der Waals surface area contributed by atoms with Gasteiger partial charge in [0, 0.05) is 22.4 Å². The number of fused-ring (bicyclic) bond motifs is 13. The summed E-state index contributed by atoms with van der Waals surface area (Å²) in [7, 11) is 0. The second-order valence-electron chi connectivity index (χ2n) is 21.7. The zero-order valence-corrected chi connectivity index (χ0v) is 40.0. The van der Waals surface area contributed by atoms with Gasteiger partial charge in [-0.3, -0.25) is 0 Å². The molecule has 0 N–H and O–H groups in total. The van der Waals surface area contributed by atoms with Crippen LogP contribution in [-0.2, 0) is 21.7 Å². The van der Waals surface area contributed by atoms with E-state index in [4.69, 9.17) is 0 Å². The van der Waals surface area contributed by atoms with Gasteiger partial charge in [0.2, 0.25) is 0 Å². The maximum Gasteiger partial charge on any atom is 0.0725 e. The van der Waals surface area contributed by atoms with E-state index in [-0.39, 0.29) is 16.2 Å². The van der Waals surface area contributed by atoms with Gasteiger partial charge in [0.15, 0.2) is 0 Å². The van der Waals surface area contributed by atoms with Crippen LogP contribution in [0.25, 0.3) is 55.6 Å². The molecule has 9 aromatic carbocycles. The Bertz CT molecular complexity index is 3380. The van der Waals surface area contributed by atoms with Crippen molar-refractivity contribution in [1.82, 2.24) is 0 Å². The van der Waals surface area contributed by atoms with E-state index in [9.17, 15) is 0 Å². The first-order valence-corrected chi connectivity index (χ1v) is 24.1. The van der Waals surface area contributed by atoms with Crippen molar-refractivity contribution in [3.63, 3.8) is 0 Å². The Morgan fingerprint density at radius 1 is 0.328 bits per heavy atom. The summed E-state index contributed by atoms with van der Waals surface area (Å²) in [6.07, 6.45) is 0. The molecule has 0 aliphatic heterocycles. The van der Waals surface area contributed by atoms with Crippen LogP contribution in [0.3, 0.4) is 0 Å². The number of nitrogens with zero attached hydrogens (tertiary/aromatic N) is 1. The van der Waals surface area contributed by atoms with Crippen molar-refractivity contribution in [1.29, 1.82) is 0 Å². The first-order valence-electron chi connectivity index (χ1n) is 24.1. The smallest absolute Gasteiger partial charge is 0.0725 e. The van der Waals surface area contributed by atoms with Gasteiger partial charge in [0.05, 0.1) is 11.1 Å². The van der Waals surface area contributed by atoms with Gasteiger partial charge in [0.25, 0.3) is 0 Å². The predicted molar refractivity (Wildman–Crippen MR) is 283 cm³/mol. The molecule has 0 saturated heterocycles. The Hall–Kier alpha value is -7.22. The highest BCUT2D eigenvalue weighted by Gasteiger charge is 2.52. The average molecular weight is 864 g/mol. The molecule has 0 heterocycles. The summed E-state index contributed by atoms with van der Waals surface area (Å²) in [5.74, 6) is 0. The minimum absolute atomic E-state index is 0.0156. The second kappa shape index (κ2) is 14.6. The maximum absolute atomic E-state index is 2.53. The van der Waals surface area contributed by atoms with Crippen molar-refractivity contribution in [2.45, 2.75) is 77.0 Å². The van der Waals surface area contributed by atoms with E-state index < -0.39 is 5.41 Å². The fourth-order valence-corrected chi connectivity index (χ4v) is 12.0. The van der Waals surface area contributed by atoms with Gasteiger partial charge in [-0.15, -0.1) is 0 Å². The van der Waals surface area contributed by atoms with E-state index in [1.54, 1.807) is 0 Å². The SMILES string of the molecule is CC(C)(C)c1ccc2c(c1)C1(c3ccccc3-c3cc(-c4ccc(N(c5ccccc5)c5ccccc5-c5cccc6c5-c5ccccc5C6(C)C)cc4)ccc31)c1cc(C(C)(C)C)ccc1-2. The summed E-state index contributed by atoms with van der Waals surface area (Å²) in [6, 6.07) is 76.0. The highest BCUT2D eigenvalue weighted by atomic mass is 15.1. The highest BCUT2D eigenvalue weighted by molar-refractivity contribution is 5.99. The standard InChI is InChI=1S/C66H57N/c1-63(2,3)44-32-36-49-50-37-33-45(64(4,5)6)41-60(50)66(59(49)40-44)56-26-16-12-21-48(56)54-39-43(31-38-57(54)66)42-29-34-47(35-30-42)67(46-19-10-9-11-20-46)61-28-17-14-22-51(61)52-24-18-27-58-62(52)53-23-13-15-25-55(53)65(58,7)8/h9-41H,1-8H3. The Balaban J connectivity index is 0.994. The molecule has 0 fully saturated rings. The quantitative estimate of drug-likeness (QED) is 0.167. The number of rotatable bonds is 5. The molecule has 1 spiro atoms. The molecule has 3 aliphatic carbocycles. The molecule has 0 amide bonds. The molecule has 0 radical (unpaired) electrons. The van der Waals surface area contributed by atoms with Crippen molar-refractivity contribution >= 4 is 17.1 Å². The summed E-state index contributed by atoms with van der Waals surface area (Å²) in [5, 5.41) is 0. The molecule has 9 aromatic rings. The van der Waals surface area contributed by atoms with E-state index in [1.165, 1.54) is 100 Å². The van der Waals surface area contributed by atoms with Crippen LogP contribution >= 0.6 is 0 Å². The van der Waals surface area contributed by atoms with Crippen molar-refractivity contribution in [2.24, 2.45) is 0 Å². The van der Waals surface area contributed by atoms with Gasteiger partial charge in [-0.2, -0.15) is 0 Å². The van der Waals surface area contributed by atoms with Crippen LogP contribution in [0.5, 0.6) is 0 Å². The zero-order valence-electron chi connectivity index (χ0n) is 40.0. The van der Waals surface area contributed by atoms with Gasteiger partial charge >= 0.3 is 0 Å². The van der Waals surface area contributed by atoms with Crippen molar-refractivity contribution < 1.29 is 0 Å². The largest absolute Gasteiger partial charge is 0.310 e. The van der Waals surface area contributed by atoms with Gasteiger partial charge in [-0.25, -0.2) is 0 Å². The van der Waals surface area contributed by atoms with Crippen molar-refractivity contribution in [3.8, 4) is 55.6 Å². The zero-order chi connectivity index (χ0) is 46.0. The van der Waals surface area contributed by atoms with Crippen LogP contribution in [0, 0.1) is 0 Å². The Kier molecular flexibility index (Phi) is 9.01. The first kappa shape index (κ1) is 41.2. The van der Waals surface area contributed by atoms with Crippen LogP contribution in [0.15, 0.2) is 200 Å². The number of hydrogen-bond donors (Lipinski definition) is 0. The van der Waals surface area contributed by atoms with Crippen molar-refractivity contribution in [3.05, 3.63) is 245 Å². The van der Waals surface area contributed by atoms with Crippen LogP contribution in [0.1, 0.15) is 99.9 Å². The Morgan fingerprint density at radius 2 is 0.821 bits per heavy atom. The van der Waals surface area contributed by atoms with Gasteiger partial charge in [-0.1, -0.05) is 219 Å². The molecule has 12 rings (SSSR count). The minimum Gasteiger partial charge on any atom is -0.310 e.